The van der Waals surface area contributed by atoms with Crippen LogP contribution in [0.1, 0.15) is 12.8 Å². The number of carbonyl (C=O) groups is 1. The fourth-order valence-corrected chi connectivity index (χ4v) is 3.60. The number of nitrogens with one attached hydrogen (secondary N) is 1. The summed E-state index contributed by atoms with van der Waals surface area (Å²) in [6.07, 6.45) is 1.76. The molecule has 6 heteroatoms. The molecule has 6 nitrogen and oxygen atoms in total. The first-order chi connectivity index (χ1) is 12.2. The van der Waals surface area contributed by atoms with Crippen LogP contribution in [0.4, 0.5) is 5.69 Å². The van der Waals surface area contributed by atoms with E-state index in [2.05, 4.69) is 15.1 Å². The van der Waals surface area contributed by atoms with Gasteiger partial charge in [-0.3, -0.25) is 9.69 Å². The van der Waals surface area contributed by atoms with Gasteiger partial charge in [0.15, 0.2) is 0 Å². The molecule has 0 aromatic heterocycles. The average molecular weight is 347 g/mol. The predicted octanol–water partition coefficient (Wildman–Crippen LogP) is 1.68. The molecule has 1 N–H and O–H groups in total. The molecule has 3 rings (SSSR count). The van der Waals surface area contributed by atoms with Crippen molar-refractivity contribution in [3.8, 4) is 5.75 Å². The maximum atomic E-state index is 12.2. The molecule has 1 aromatic rings. The molecule has 2 aliphatic heterocycles. The Morgan fingerprint density at radius 2 is 2.12 bits per heavy atom. The maximum Gasteiger partial charge on any atom is 0.225 e. The normalized spacial score (nSPS) is 22.0. The summed E-state index contributed by atoms with van der Waals surface area (Å²) in [7, 11) is 1.63. The largest absolute Gasteiger partial charge is 0.497 e. The molecular formula is C19H29N3O3. The van der Waals surface area contributed by atoms with Crippen LogP contribution in [0.15, 0.2) is 24.3 Å². The van der Waals surface area contributed by atoms with Crippen molar-refractivity contribution in [3.05, 3.63) is 24.3 Å². The van der Waals surface area contributed by atoms with Crippen molar-refractivity contribution in [2.45, 2.75) is 12.8 Å². The van der Waals surface area contributed by atoms with Crippen LogP contribution in [0, 0.1) is 5.92 Å². The van der Waals surface area contributed by atoms with Crippen LogP contribution in [0.5, 0.6) is 5.75 Å². The van der Waals surface area contributed by atoms with Crippen LogP contribution in [-0.2, 0) is 9.53 Å². The summed E-state index contributed by atoms with van der Waals surface area (Å²) in [6.45, 7) is 8.02. The first-order valence-corrected chi connectivity index (χ1v) is 9.19. The Bertz CT molecular complexity index is 561. The van der Waals surface area contributed by atoms with Crippen LogP contribution in [0.2, 0.25) is 0 Å². The van der Waals surface area contributed by atoms with E-state index in [1.807, 2.05) is 24.3 Å². The monoisotopic (exact) mass is 347 g/mol. The number of anilines is 1. The van der Waals surface area contributed by atoms with E-state index in [9.17, 15) is 4.79 Å². The number of amides is 1. The summed E-state index contributed by atoms with van der Waals surface area (Å²) in [5.74, 6) is 1.53. The summed E-state index contributed by atoms with van der Waals surface area (Å²) in [5.41, 5.74) is 0.788. The second-order valence-corrected chi connectivity index (χ2v) is 6.90. The molecule has 1 amide bonds. The minimum atomic E-state index is 0.0601. The molecule has 2 fully saturated rings. The van der Waals surface area contributed by atoms with E-state index in [0.29, 0.717) is 6.42 Å². The van der Waals surface area contributed by atoms with E-state index in [1.165, 1.54) is 6.42 Å². The lowest BCUT2D eigenvalue weighted by atomic mass is 10.1. The van der Waals surface area contributed by atoms with Crippen molar-refractivity contribution in [1.29, 1.82) is 0 Å². The Labute approximate surface area is 150 Å². The van der Waals surface area contributed by atoms with Crippen LogP contribution in [-0.4, -0.2) is 75.3 Å². The zero-order valence-electron chi connectivity index (χ0n) is 15.1. The third-order valence-corrected chi connectivity index (χ3v) is 5.00. The lowest BCUT2D eigenvalue weighted by Gasteiger charge is -2.29. The molecular weight excluding hydrogens is 318 g/mol. The number of morpholine rings is 1. The van der Waals surface area contributed by atoms with E-state index < -0.39 is 0 Å². The fraction of sp³-hybridized carbons (Fsp3) is 0.632. The topological polar surface area (TPSA) is 54.0 Å². The molecule has 2 aliphatic rings. The lowest BCUT2D eigenvalue weighted by molar-refractivity contribution is -0.116. The summed E-state index contributed by atoms with van der Waals surface area (Å²) < 4.78 is 10.6. The first kappa shape index (κ1) is 18.2. The average Bonchev–Trinajstić information content (AvgIpc) is 3.08. The van der Waals surface area contributed by atoms with Crippen LogP contribution in [0.25, 0.3) is 0 Å². The van der Waals surface area contributed by atoms with Crippen molar-refractivity contribution in [2.75, 3.05) is 64.9 Å². The standard InChI is InChI=1S/C19H29N3O3/c1-24-18-4-2-3-17(13-18)20-19(23)6-8-21-7-5-16(14-21)15-22-9-11-25-12-10-22/h2-4,13,16H,5-12,14-15H2,1H3,(H,20,23). The van der Waals surface area contributed by atoms with Crippen molar-refractivity contribution in [3.63, 3.8) is 0 Å². The second-order valence-electron chi connectivity index (χ2n) is 6.90. The van der Waals surface area contributed by atoms with E-state index in [1.54, 1.807) is 7.11 Å². The zero-order valence-corrected chi connectivity index (χ0v) is 15.1. The maximum absolute atomic E-state index is 12.2. The van der Waals surface area contributed by atoms with Crippen LogP contribution >= 0.6 is 0 Å². The number of ether oxygens (including phenoxy) is 2. The van der Waals surface area contributed by atoms with Gasteiger partial charge in [0.25, 0.3) is 0 Å². The summed E-state index contributed by atoms with van der Waals surface area (Å²) in [6, 6.07) is 7.47. The van der Waals surface area contributed by atoms with Gasteiger partial charge >= 0.3 is 0 Å². The smallest absolute Gasteiger partial charge is 0.225 e. The number of carbonyl (C=O) groups excluding carboxylic acids is 1. The molecule has 0 radical (unpaired) electrons. The Kier molecular flexibility index (Phi) is 6.67. The Morgan fingerprint density at radius 3 is 2.92 bits per heavy atom. The molecule has 138 valence electrons. The summed E-state index contributed by atoms with van der Waals surface area (Å²) >= 11 is 0. The van der Waals surface area contributed by atoms with Crippen molar-refractivity contribution < 1.29 is 14.3 Å². The van der Waals surface area contributed by atoms with Gasteiger partial charge < -0.3 is 19.7 Å². The van der Waals surface area contributed by atoms with Gasteiger partial charge in [-0.15, -0.1) is 0 Å². The molecule has 0 spiro atoms. The highest BCUT2D eigenvalue weighted by Crippen LogP contribution is 2.19. The van der Waals surface area contributed by atoms with Gasteiger partial charge in [0, 0.05) is 50.9 Å². The molecule has 1 unspecified atom stereocenters. The number of hydrogen-bond donors (Lipinski definition) is 1. The highest BCUT2D eigenvalue weighted by atomic mass is 16.5. The predicted molar refractivity (Wildman–Crippen MR) is 98.0 cm³/mol. The summed E-state index contributed by atoms with van der Waals surface area (Å²) in [5, 5.41) is 2.95. The van der Waals surface area contributed by atoms with Crippen molar-refractivity contribution >= 4 is 11.6 Å². The number of likely N-dealkylation sites (tertiary alicyclic amines) is 1. The SMILES string of the molecule is COc1cccc(NC(=O)CCN2CCC(CN3CCOCC3)C2)c1. The van der Waals surface area contributed by atoms with Crippen molar-refractivity contribution in [2.24, 2.45) is 5.92 Å². The highest BCUT2D eigenvalue weighted by Gasteiger charge is 2.25. The van der Waals surface area contributed by atoms with Crippen LogP contribution < -0.4 is 10.1 Å². The molecule has 0 bridgehead atoms. The van der Waals surface area contributed by atoms with Gasteiger partial charge in [0.2, 0.25) is 5.91 Å². The third kappa shape index (κ3) is 5.70. The fourth-order valence-electron chi connectivity index (χ4n) is 3.60. The molecule has 0 saturated carbocycles. The molecule has 1 aromatic carbocycles. The van der Waals surface area contributed by atoms with Crippen LogP contribution in [0.3, 0.4) is 0 Å². The van der Waals surface area contributed by atoms with Gasteiger partial charge in [-0.05, 0) is 31.0 Å². The van der Waals surface area contributed by atoms with Gasteiger partial charge in [0.05, 0.1) is 20.3 Å². The zero-order chi connectivity index (χ0) is 17.5. The molecule has 2 heterocycles. The van der Waals surface area contributed by atoms with Gasteiger partial charge in [0.1, 0.15) is 5.75 Å². The number of methoxy groups -OCH3 is 1. The van der Waals surface area contributed by atoms with E-state index in [4.69, 9.17) is 9.47 Å². The molecule has 25 heavy (non-hydrogen) atoms. The summed E-state index contributed by atoms with van der Waals surface area (Å²) in [4.78, 5) is 17.1. The van der Waals surface area contributed by atoms with E-state index in [-0.39, 0.29) is 5.91 Å². The molecule has 1 atom stereocenters. The number of benzene rings is 1. The van der Waals surface area contributed by atoms with E-state index >= 15 is 0 Å². The molecule has 2 saturated heterocycles. The Hall–Kier alpha value is -1.63. The Balaban J connectivity index is 1.36. The molecule has 0 aliphatic carbocycles. The number of hydrogen-bond acceptors (Lipinski definition) is 5. The quantitative estimate of drug-likeness (QED) is 0.813. The van der Waals surface area contributed by atoms with Gasteiger partial charge in [-0.1, -0.05) is 6.07 Å². The third-order valence-electron chi connectivity index (χ3n) is 5.00. The van der Waals surface area contributed by atoms with Gasteiger partial charge in [-0.25, -0.2) is 0 Å². The lowest BCUT2D eigenvalue weighted by Crippen LogP contribution is -2.40. The first-order valence-electron chi connectivity index (χ1n) is 9.19. The number of nitrogens with zero attached hydrogens (tertiary/aromatic N) is 2. The van der Waals surface area contributed by atoms with Crippen molar-refractivity contribution in [1.82, 2.24) is 9.80 Å². The van der Waals surface area contributed by atoms with Gasteiger partial charge in [-0.2, -0.15) is 0 Å². The highest BCUT2D eigenvalue weighted by molar-refractivity contribution is 5.91. The minimum Gasteiger partial charge on any atom is -0.497 e. The second kappa shape index (κ2) is 9.17. The van der Waals surface area contributed by atoms with E-state index in [0.717, 1.165) is 69.8 Å². The Morgan fingerprint density at radius 1 is 1.28 bits per heavy atom. The number of rotatable bonds is 7. The minimum absolute atomic E-state index is 0.0601.